The molecule has 3 N–H and O–H groups in total. The third-order valence-electron chi connectivity index (χ3n) is 2.91. The maximum atomic E-state index is 13.0. The largest absolute Gasteiger partial charge is 0.480 e. The van der Waals surface area contributed by atoms with Crippen LogP contribution >= 0.6 is 0 Å². The first-order valence-corrected chi connectivity index (χ1v) is 6.98. The Morgan fingerprint density at radius 1 is 1.21 bits per heavy atom. The Kier molecular flexibility index (Phi) is 5.61. The number of hydrogen-bond acceptors (Lipinski definition) is 4. The van der Waals surface area contributed by atoms with Crippen LogP contribution in [-0.2, 0) is 27.3 Å². The van der Waals surface area contributed by atoms with Gasteiger partial charge in [-0.15, -0.1) is 0 Å². The minimum Gasteiger partial charge on any atom is -0.480 e. The zero-order valence-corrected chi connectivity index (χ0v) is 12.5. The first-order chi connectivity index (χ1) is 11.4. The van der Waals surface area contributed by atoms with Crippen LogP contribution in [0.3, 0.4) is 0 Å². The smallest absolute Gasteiger partial charge is 0.325 e. The third kappa shape index (κ3) is 5.52. The number of hydrogen-bond donors (Lipinski definition) is 3. The van der Waals surface area contributed by atoms with Gasteiger partial charge in [-0.2, -0.15) is 5.10 Å². The summed E-state index contributed by atoms with van der Waals surface area (Å²) in [5, 5.41) is 17.3. The minimum atomic E-state index is -1.06. The van der Waals surface area contributed by atoms with E-state index in [0.717, 1.165) is 4.68 Å². The van der Waals surface area contributed by atoms with Crippen molar-refractivity contribution in [1.29, 1.82) is 0 Å². The molecule has 8 nitrogen and oxygen atoms in total. The minimum absolute atomic E-state index is 0.0434. The van der Waals surface area contributed by atoms with E-state index in [-0.39, 0.29) is 25.3 Å². The predicted molar refractivity (Wildman–Crippen MR) is 81.6 cm³/mol. The number of carboxylic acid groups (broad SMARTS) is 1. The Morgan fingerprint density at radius 3 is 2.71 bits per heavy atom. The van der Waals surface area contributed by atoms with Gasteiger partial charge >= 0.3 is 5.97 Å². The van der Waals surface area contributed by atoms with Crippen molar-refractivity contribution >= 4 is 23.6 Å². The molecule has 0 aliphatic heterocycles. The number of aromatic nitrogens is 2. The highest BCUT2D eigenvalue weighted by Gasteiger charge is 2.09. The second-order valence-corrected chi connectivity index (χ2v) is 4.92. The summed E-state index contributed by atoms with van der Waals surface area (Å²) in [5.41, 5.74) is 0.500. The molecule has 2 amide bonds. The van der Waals surface area contributed by atoms with E-state index >= 15 is 0 Å². The summed E-state index contributed by atoms with van der Waals surface area (Å²) < 4.78 is 14.2. The summed E-state index contributed by atoms with van der Waals surface area (Å²) in [6.07, 6.45) is 1.37. The molecule has 0 atom stereocenters. The lowest BCUT2D eigenvalue weighted by Crippen LogP contribution is -2.33. The van der Waals surface area contributed by atoms with E-state index in [1.54, 1.807) is 6.07 Å². The number of benzene rings is 1. The van der Waals surface area contributed by atoms with Gasteiger partial charge in [0.25, 0.3) is 0 Å². The second-order valence-electron chi connectivity index (χ2n) is 4.92. The highest BCUT2D eigenvalue weighted by molar-refractivity contribution is 5.94. The van der Waals surface area contributed by atoms with E-state index in [9.17, 15) is 18.8 Å². The zero-order valence-electron chi connectivity index (χ0n) is 12.5. The van der Waals surface area contributed by atoms with Crippen LogP contribution in [0, 0.1) is 5.82 Å². The van der Waals surface area contributed by atoms with E-state index in [0.29, 0.717) is 5.56 Å². The van der Waals surface area contributed by atoms with Crippen molar-refractivity contribution in [2.45, 2.75) is 13.0 Å². The molecule has 0 spiro atoms. The fraction of sp³-hybridized carbons (Fsp3) is 0.200. The Balaban J connectivity index is 1.77. The monoisotopic (exact) mass is 334 g/mol. The normalized spacial score (nSPS) is 10.2. The van der Waals surface area contributed by atoms with Gasteiger partial charge < -0.3 is 15.7 Å². The number of carbonyl (C=O) groups excluding carboxylic acids is 2. The second kappa shape index (κ2) is 7.86. The Labute approximate surface area is 136 Å². The number of rotatable bonds is 7. The number of nitrogens with one attached hydrogen (secondary N) is 2. The van der Waals surface area contributed by atoms with E-state index in [1.165, 1.54) is 30.5 Å². The number of carboxylic acids is 1. The van der Waals surface area contributed by atoms with Crippen LogP contribution in [0.15, 0.2) is 36.5 Å². The number of amides is 2. The van der Waals surface area contributed by atoms with E-state index in [1.807, 2.05) is 0 Å². The number of anilines is 1. The standard InChI is InChI=1S/C15H15FN4O4/c16-11-3-1-2-10(6-11)7-13(21)17-8-14(22)18-12-4-5-20(19-12)9-15(23)24/h1-6H,7-9H2,(H,17,21)(H,23,24)(H,18,19,22). The lowest BCUT2D eigenvalue weighted by molar-refractivity contribution is -0.137. The van der Waals surface area contributed by atoms with Crippen LogP contribution in [0.1, 0.15) is 5.56 Å². The molecule has 24 heavy (non-hydrogen) atoms. The lowest BCUT2D eigenvalue weighted by atomic mass is 10.1. The maximum Gasteiger partial charge on any atom is 0.325 e. The molecular weight excluding hydrogens is 319 g/mol. The molecule has 0 unspecified atom stereocenters. The Hall–Kier alpha value is -3.23. The average molecular weight is 334 g/mol. The summed E-state index contributed by atoms with van der Waals surface area (Å²) in [4.78, 5) is 33.9. The summed E-state index contributed by atoms with van der Waals surface area (Å²) in [5.74, 6) is -2.24. The zero-order chi connectivity index (χ0) is 17.5. The van der Waals surface area contributed by atoms with Crippen LogP contribution in [-0.4, -0.2) is 39.2 Å². The molecule has 126 valence electrons. The Morgan fingerprint density at radius 2 is 2.00 bits per heavy atom. The topological polar surface area (TPSA) is 113 Å². The van der Waals surface area contributed by atoms with Gasteiger partial charge in [-0.25, -0.2) is 4.39 Å². The molecule has 1 aromatic heterocycles. The first-order valence-electron chi connectivity index (χ1n) is 6.98. The van der Waals surface area contributed by atoms with Crippen molar-refractivity contribution in [3.63, 3.8) is 0 Å². The van der Waals surface area contributed by atoms with E-state index in [2.05, 4.69) is 15.7 Å². The van der Waals surface area contributed by atoms with Crippen molar-refractivity contribution in [3.8, 4) is 0 Å². The van der Waals surface area contributed by atoms with Crippen molar-refractivity contribution in [2.75, 3.05) is 11.9 Å². The van der Waals surface area contributed by atoms with E-state index in [4.69, 9.17) is 5.11 Å². The van der Waals surface area contributed by atoms with E-state index < -0.39 is 23.6 Å². The maximum absolute atomic E-state index is 13.0. The summed E-state index contributed by atoms with van der Waals surface area (Å²) >= 11 is 0. The lowest BCUT2D eigenvalue weighted by Gasteiger charge is -2.05. The van der Waals surface area contributed by atoms with Gasteiger partial charge in [0.15, 0.2) is 5.82 Å². The van der Waals surface area contributed by atoms with Gasteiger partial charge in [0, 0.05) is 12.3 Å². The molecule has 0 saturated carbocycles. The van der Waals surface area contributed by atoms with Gasteiger partial charge in [0.05, 0.1) is 13.0 Å². The fourth-order valence-corrected chi connectivity index (χ4v) is 1.92. The quantitative estimate of drug-likeness (QED) is 0.678. The molecule has 1 aromatic carbocycles. The summed E-state index contributed by atoms with van der Waals surface area (Å²) in [7, 11) is 0. The molecule has 0 radical (unpaired) electrons. The number of halogens is 1. The molecule has 0 aliphatic rings. The van der Waals surface area contributed by atoms with Crippen molar-refractivity contribution in [1.82, 2.24) is 15.1 Å². The van der Waals surface area contributed by atoms with Crippen molar-refractivity contribution in [2.24, 2.45) is 0 Å². The number of aliphatic carboxylic acids is 1. The van der Waals surface area contributed by atoms with Gasteiger partial charge in [0.2, 0.25) is 11.8 Å². The molecular formula is C15H15FN4O4. The van der Waals surface area contributed by atoms with Crippen LogP contribution in [0.2, 0.25) is 0 Å². The predicted octanol–water partition coefficient (Wildman–Crippen LogP) is 0.404. The molecule has 1 heterocycles. The first kappa shape index (κ1) is 17.1. The molecule has 0 aliphatic carbocycles. The van der Waals surface area contributed by atoms with Crippen molar-refractivity contribution < 1.29 is 23.9 Å². The molecule has 9 heteroatoms. The molecule has 2 aromatic rings. The van der Waals surface area contributed by atoms with Gasteiger partial charge in [-0.1, -0.05) is 12.1 Å². The summed E-state index contributed by atoms with van der Waals surface area (Å²) in [6.45, 7) is -0.597. The third-order valence-corrected chi connectivity index (χ3v) is 2.91. The van der Waals surface area contributed by atoms with Gasteiger partial charge in [0.1, 0.15) is 12.4 Å². The van der Waals surface area contributed by atoms with Crippen LogP contribution in [0.5, 0.6) is 0 Å². The molecule has 2 rings (SSSR count). The molecule has 0 saturated heterocycles. The highest BCUT2D eigenvalue weighted by atomic mass is 19.1. The number of carbonyl (C=O) groups is 3. The average Bonchev–Trinajstić information content (AvgIpc) is 2.91. The number of nitrogens with zero attached hydrogens (tertiary/aromatic N) is 2. The van der Waals surface area contributed by atoms with Crippen LogP contribution in [0.25, 0.3) is 0 Å². The van der Waals surface area contributed by atoms with Gasteiger partial charge in [-0.05, 0) is 17.7 Å². The van der Waals surface area contributed by atoms with Crippen LogP contribution < -0.4 is 10.6 Å². The molecule has 0 bridgehead atoms. The SMILES string of the molecule is O=C(O)Cn1ccc(NC(=O)CNC(=O)Cc2cccc(F)c2)n1. The van der Waals surface area contributed by atoms with Crippen LogP contribution in [0.4, 0.5) is 10.2 Å². The van der Waals surface area contributed by atoms with Crippen molar-refractivity contribution in [3.05, 3.63) is 47.9 Å². The van der Waals surface area contributed by atoms with Gasteiger partial charge in [-0.3, -0.25) is 19.1 Å². The molecule has 0 fully saturated rings. The Bertz CT molecular complexity index is 759. The summed E-state index contributed by atoms with van der Waals surface area (Å²) in [6, 6.07) is 7.07. The highest BCUT2D eigenvalue weighted by Crippen LogP contribution is 2.04. The fourth-order valence-electron chi connectivity index (χ4n) is 1.92.